The number of ether oxygens (including phenoxy) is 1. The molecule has 2 saturated heterocycles. The summed E-state index contributed by atoms with van der Waals surface area (Å²) < 4.78 is 7.29. The summed E-state index contributed by atoms with van der Waals surface area (Å²) in [4.78, 5) is 46.1. The molecule has 0 radical (unpaired) electrons. The maximum Gasteiger partial charge on any atom is 0.323 e. The number of amides is 3. The molecule has 2 N–H and O–H groups in total. The van der Waals surface area contributed by atoms with Gasteiger partial charge in [-0.2, -0.15) is 0 Å². The summed E-state index contributed by atoms with van der Waals surface area (Å²) in [5, 5.41) is 14.3. The van der Waals surface area contributed by atoms with Gasteiger partial charge >= 0.3 is 6.03 Å². The van der Waals surface area contributed by atoms with Crippen LogP contribution in [0.5, 0.6) is 0 Å². The molecule has 5 heterocycles. The van der Waals surface area contributed by atoms with Crippen LogP contribution >= 0.6 is 0 Å². The number of nitrogens with zero attached hydrogens (tertiary/aromatic N) is 9. The predicted molar refractivity (Wildman–Crippen MR) is 179 cm³/mol. The minimum Gasteiger partial charge on any atom is -0.378 e. The van der Waals surface area contributed by atoms with Gasteiger partial charge in [0, 0.05) is 74.5 Å². The number of piperazine rings is 1. The molecular formula is C33H35N11O3. The summed E-state index contributed by atoms with van der Waals surface area (Å²) >= 11 is 0. The van der Waals surface area contributed by atoms with E-state index in [4.69, 9.17) is 14.7 Å². The zero-order valence-electron chi connectivity index (χ0n) is 26.0. The molecule has 47 heavy (non-hydrogen) atoms. The van der Waals surface area contributed by atoms with E-state index in [2.05, 4.69) is 35.7 Å². The van der Waals surface area contributed by atoms with Gasteiger partial charge in [0.05, 0.1) is 13.2 Å². The normalized spacial score (nSPS) is 15.1. The number of urea groups is 1. The molecular weight excluding hydrogens is 598 g/mol. The Labute approximate surface area is 271 Å². The molecule has 0 saturated carbocycles. The number of aromatic nitrogens is 6. The number of benzene rings is 2. The summed E-state index contributed by atoms with van der Waals surface area (Å²) in [6.07, 6.45) is 1.78. The average Bonchev–Trinajstić information content (AvgIpc) is 3.55. The first-order valence-electron chi connectivity index (χ1n) is 15.7. The highest BCUT2D eigenvalue weighted by molar-refractivity contribution is 6.00. The van der Waals surface area contributed by atoms with Gasteiger partial charge in [-0.05, 0) is 67.6 Å². The van der Waals surface area contributed by atoms with Crippen LogP contribution in [-0.2, 0) is 11.3 Å². The van der Waals surface area contributed by atoms with E-state index in [0.29, 0.717) is 79.9 Å². The summed E-state index contributed by atoms with van der Waals surface area (Å²) in [5.41, 5.74) is 3.91. The van der Waals surface area contributed by atoms with Crippen LogP contribution in [0.2, 0.25) is 0 Å². The van der Waals surface area contributed by atoms with Gasteiger partial charge < -0.3 is 30.1 Å². The zero-order chi connectivity index (χ0) is 32.2. The molecule has 14 nitrogen and oxygen atoms in total. The molecule has 2 aliphatic rings. The Balaban J connectivity index is 0.967. The highest BCUT2D eigenvalue weighted by Gasteiger charge is 2.24. The van der Waals surface area contributed by atoms with Gasteiger partial charge in [-0.15, -0.1) is 5.10 Å². The van der Waals surface area contributed by atoms with E-state index in [0.717, 1.165) is 30.3 Å². The fourth-order valence-electron chi connectivity index (χ4n) is 5.73. The van der Waals surface area contributed by atoms with Crippen molar-refractivity contribution in [2.75, 3.05) is 72.9 Å². The third-order valence-corrected chi connectivity index (χ3v) is 8.29. The Morgan fingerprint density at radius 3 is 2.17 bits per heavy atom. The first-order chi connectivity index (χ1) is 23.1. The molecule has 3 aromatic heterocycles. The zero-order valence-corrected chi connectivity index (χ0v) is 26.0. The topological polar surface area (TPSA) is 147 Å². The summed E-state index contributed by atoms with van der Waals surface area (Å²) in [6.45, 7) is 8.00. The fourth-order valence-corrected chi connectivity index (χ4v) is 5.73. The molecule has 0 aliphatic carbocycles. The van der Waals surface area contributed by atoms with Gasteiger partial charge in [-0.25, -0.2) is 24.4 Å². The lowest BCUT2D eigenvalue weighted by atomic mass is 10.1. The number of fused-ring (bicyclic) bond motifs is 1. The van der Waals surface area contributed by atoms with Crippen molar-refractivity contribution in [3.8, 4) is 11.4 Å². The third-order valence-electron chi connectivity index (χ3n) is 8.29. The standard InChI is InChI=1S/C33H35N11O3/c1-2-44-31-28(39-40-44)30(42-19-21-47-22-20-42)37-29(38-31)23-6-10-25(11-7-23)35-33(46)36-26-12-8-24(9-13-26)32(45)43-17-15-41(16-18-43)27-5-3-4-14-34-27/h3-14H,2,15-22H2,1H3,(H2,35,36,46). The molecule has 2 aromatic carbocycles. The molecule has 0 unspecified atom stereocenters. The van der Waals surface area contributed by atoms with Gasteiger partial charge in [0.2, 0.25) is 0 Å². The SMILES string of the molecule is CCn1nnc2c(N3CCOCC3)nc(-c3ccc(NC(=O)Nc4ccc(C(=O)N5CCN(c6ccccn6)CC5)cc4)cc3)nc21. The van der Waals surface area contributed by atoms with Crippen LogP contribution in [-0.4, -0.2) is 99.3 Å². The predicted octanol–water partition coefficient (Wildman–Crippen LogP) is 3.75. The van der Waals surface area contributed by atoms with E-state index in [1.807, 2.05) is 54.3 Å². The quantitative estimate of drug-likeness (QED) is 0.272. The number of rotatable bonds is 7. The third kappa shape index (κ3) is 6.53. The maximum atomic E-state index is 13.1. The van der Waals surface area contributed by atoms with Gasteiger partial charge in [0.1, 0.15) is 5.82 Å². The number of hydrogen-bond acceptors (Lipinski definition) is 10. The summed E-state index contributed by atoms with van der Waals surface area (Å²) in [6, 6.07) is 19.7. The Morgan fingerprint density at radius 1 is 0.809 bits per heavy atom. The first-order valence-corrected chi connectivity index (χ1v) is 15.7. The van der Waals surface area contributed by atoms with E-state index < -0.39 is 6.03 Å². The number of pyridine rings is 1. The van der Waals surface area contributed by atoms with Crippen LogP contribution < -0.4 is 20.4 Å². The van der Waals surface area contributed by atoms with Crippen molar-refractivity contribution < 1.29 is 14.3 Å². The highest BCUT2D eigenvalue weighted by Crippen LogP contribution is 2.27. The van der Waals surface area contributed by atoms with Gasteiger partial charge in [0.15, 0.2) is 22.8 Å². The molecule has 5 aromatic rings. The van der Waals surface area contributed by atoms with Crippen LogP contribution in [0.4, 0.5) is 27.8 Å². The molecule has 3 amide bonds. The number of nitrogens with one attached hydrogen (secondary N) is 2. The van der Waals surface area contributed by atoms with Gasteiger partial charge in [0.25, 0.3) is 5.91 Å². The molecule has 0 atom stereocenters. The Bertz CT molecular complexity index is 1850. The monoisotopic (exact) mass is 633 g/mol. The summed E-state index contributed by atoms with van der Waals surface area (Å²) in [7, 11) is 0. The number of carbonyl (C=O) groups is 2. The van der Waals surface area contributed by atoms with Crippen molar-refractivity contribution >= 4 is 46.1 Å². The number of aryl methyl sites for hydroxylation is 1. The van der Waals surface area contributed by atoms with Crippen LogP contribution in [0, 0.1) is 0 Å². The van der Waals surface area contributed by atoms with E-state index >= 15 is 0 Å². The van der Waals surface area contributed by atoms with E-state index in [1.54, 1.807) is 35.1 Å². The van der Waals surface area contributed by atoms with E-state index in [-0.39, 0.29) is 5.91 Å². The second-order valence-electron chi connectivity index (χ2n) is 11.2. The maximum absolute atomic E-state index is 13.1. The molecule has 2 fully saturated rings. The van der Waals surface area contributed by atoms with Crippen LogP contribution in [0.3, 0.4) is 0 Å². The van der Waals surface area contributed by atoms with Crippen molar-refractivity contribution in [2.45, 2.75) is 13.5 Å². The summed E-state index contributed by atoms with van der Waals surface area (Å²) in [5.74, 6) is 2.19. The smallest absolute Gasteiger partial charge is 0.323 e. The van der Waals surface area contributed by atoms with Crippen LogP contribution in [0.25, 0.3) is 22.6 Å². The molecule has 7 rings (SSSR count). The minimum absolute atomic E-state index is 0.0302. The Hall–Kier alpha value is -5.63. The van der Waals surface area contributed by atoms with Crippen molar-refractivity contribution in [1.29, 1.82) is 0 Å². The largest absolute Gasteiger partial charge is 0.378 e. The lowest BCUT2D eigenvalue weighted by Gasteiger charge is -2.35. The molecule has 0 bridgehead atoms. The second-order valence-corrected chi connectivity index (χ2v) is 11.2. The second kappa shape index (κ2) is 13.4. The van der Waals surface area contributed by atoms with Gasteiger partial charge in [-0.1, -0.05) is 11.3 Å². The number of hydrogen-bond donors (Lipinski definition) is 2. The number of carbonyl (C=O) groups excluding carboxylic acids is 2. The Kier molecular flexibility index (Phi) is 8.56. The number of anilines is 4. The van der Waals surface area contributed by atoms with Crippen LogP contribution in [0.1, 0.15) is 17.3 Å². The molecule has 14 heteroatoms. The van der Waals surface area contributed by atoms with Crippen molar-refractivity contribution in [2.24, 2.45) is 0 Å². The highest BCUT2D eigenvalue weighted by atomic mass is 16.5. The Morgan fingerprint density at radius 2 is 1.51 bits per heavy atom. The lowest BCUT2D eigenvalue weighted by molar-refractivity contribution is 0.0746. The van der Waals surface area contributed by atoms with Crippen molar-refractivity contribution in [3.63, 3.8) is 0 Å². The van der Waals surface area contributed by atoms with E-state index in [9.17, 15) is 9.59 Å². The first kappa shape index (κ1) is 30.0. The molecule has 2 aliphatic heterocycles. The average molecular weight is 634 g/mol. The van der Waals surface area contributed by atoms with E-state index in [1.165, 1.54) is 0 Å². The fraction of sp³-hybridized carbons (Fsp3) is 0.303. The minimum atomic E-state index is -0.396. The number of morpholine rings is 1. The van der Waals surface area contributed by atoms with Crippen molar-refractivity contribution in [1.82, 2.24) is 34.8 Å². The van der Waals surface area contributed by atoms with Crippen molar-refractivity contribution in [3.05, 3.63) is 78.5 Å². The molecule has 0 spiro atoms. The lowest BCUT2D eigenvalue weighted by Crippen LogP contribution is -2.49. The molecule has 240 valence electrons. The van der Waals surface area contributed by atoms with Crippen LogP contribution in [0.15, 0.2) is 72.9 Å². The van der Waals surface area contributed by atoms with Gasteiger partial charge in [-0.3, -0.25) is 4.79 Å².